The lowest BCUT2D eigenvalue weighted by Gasteiger charge is -2.32. The zero-order valence-corrected chi connectivity index (χ0v) is 43.5. The first-order chi connectivity index (χ1) is 38.2. The van der Waals surface area contributed by atoms with Gasteiger partial charge in [0.25, 0.3) is 5.79 Å². The van der Waals surface area contributed by atoms with Gasteiger partial charge >= 0.3 is 23.9 Å². The lowest BCUT2D eigenvalue weighted by Crippen LogP contribution is -2.32. The largest absolute Gasteiger partial charge is 0.462 e. The molecule has 8 aromatic carbocycles. The van der Waals surface area contributed by atoms with Gasteiger partial charge < -0.3 is 18.9 Å². The van der Waals surface area contributed by atoms with E-state index in [1.165, 1.54) is 0 Å². The van der Waals surface area contributed by atoms with E-state index in [4.69, 9.17) is 33.9 Å². The summed E-state index contributed by atoms with van der Waals surface area (Å²) in [6.45, 7) is 7.88. The maximum Gasteiger partial charge on any atom is 0.338 e. The molecule has 10 rings (SSSR count). The highest BCUT2D eigenvalue weighted by atomic mass is 16.5. The average molecular weight is 1030 g/mol. The summed E-state index contributed by atoms with van der Waals surface area (Å²) < 4.78 is 23.7. The highest BCUT2D eigenvalue weighted by Gasteiger charge is 2.47. The molecule has 386 valence electrons. The van der Waals surface area contributed by atoms with E-state index >= 15 is 0 Å². The molecule has 0 atom stereocenters. The summed E-state index contributed by atoms with van der Waals surface area (Å²) in [5.74, 6) is -3.16. The quantitative estimate of drug-likeness (QED) is 0.0642. The van der Waals surface area contributed by atoms with Crippen molar-refractivity contribution in [3.8, 4) is 56.2 Å². The van der Waals surface area contributed by atoms with Crippen LogP contribution in [0.4, 0.5) is 0 Å². The van der Waals surface area contributed by atoms with E-state index in [2.05, 4.69) is 28.8 Å². The molecule has 1 aromatic heterocycles. The van der Waals surface area contributed by atoms with E-state index in [0.717, 1.165) is 27.8 Å². The number of rotatable bonds is 17. The molecule has 12 nitrogen and oxygen atoms in total. The van der Waals surface area contributed by atoms with Crippen molar-refractivity contribution < 1.29 is 38.1 Å². The number of hydrogen-bond acceptors (Lipinski definition) is 11. The lowest BCUT2D eigenvalue weighted by atomic mass is 9.93. The second-order valence-electron chi connectivity index (χ2n) is 18.0. The normalized spacial score (nSPS) is 12.5. The Morgan fingerprint density at radius 1 is 0.372 bits per heavy atom. The van der Waals surface area contributed by atoms with Gasteiger partial charge in [0.05, 0.1) is 71.5 Å². The van der Waals surface area contributed by atoms with Crippen LogP contribution < -0.4 is 0 Å². The Balaban J connectivity index is 1.39. The lowest BCUT2D eigenvalue weighted by molar-refractivity contribution is 0.0516. The molecule has 9 aromatic rings. The van der Waals surface area contributed by atoms with Crippen molar-refractivity contribution in [2.75, 3.05) is 26.4 Å². The van der Waals surface area contributed by atoms with E-state index in [-0.39, 0.29) is 26.4 Å². The number of carbonyl (C=O) groups is 4. The number of imidazole rings is 1. The molecule has 2 heterocycles. The minimum absolute atomic E-state index is 0.199. The van der Waals surface area contributed by atoms with Gasteiger partial charge in [-0.25, -0.2) is 34.1 Å². The molecule has 0 fully saturated rings. The fraction of sp³-hybridized carbons (Fsp3) is 0.136. The second kappa shape index (κ2) is 23.0. The molecule has 0 amide bonds. The van der Waals surface area contributed by atoms with Crippen LogP contribution in [0.15, 0.2) is 216 Å². The number of carbonyl (C=O) groups excluding carboxylic acids is 4. The van der Waals surface area contributed by atoms with Crippen LogP contribution in [-0.4, -0.2) is 71.3 Å². The number of esters is 4. The van der Waals surface area contributed by atoms with Crippen molar-refractivity contribution in [1.29, 1.82) is 0 Å². The Bertz CT molecular complexity index is 3640. The molecule has 0 spiro atoms. The first-order valence-corrected chi connectivity index (χ1v) is 25.9. The van der Waals surface area contributed by atoms with E-state index in [1.54, 1.807) is 76.2 Å². The van der Waals surface area contributed by atoms with Gasteiger partial charge in [0.2, 0.25) is 0 Å². The van der Waals surface area contributed by atoms with Gasteiger partial charge in [-0.05, 0) is 98.5 Å². The van der Waals surface area contributed by atoms with E-state index in [9.17, 15) is 19.2 Å². The summed E-state index contributed by atoms with van der Waals surface area (Å²) in [5.41, 5.74) is 11.0. The minimum Gasteiger partial charge on any atom is -0.462 e. The zero-order chi connectivity index (χ0) is 54.2. The SMILES string of the molecule is CCOC(=O)c1ccc(C2=NC(c3ccccc3-c3ccccc3)(n3c(-c4ccccc4-c4ccccc4)nc(-c4ccc(C(=O)OCC)cc4)c3-c3ccc(C(=O)OCC)cc3)N=C2c2ccc(C(=O)OCC)cc2)cc1. The smallest absolute Gasteiger partial charge is 0.338 e. The molecular weight excluding hydrogens is 977 g/mol. The van der Waals surface area contributed by atoms with Crippen molar-refractivity contribution in [1.82, 2.24) is 9.55 Å². The highest BCUT2D eigenvalue weighted by Crippen LogP contribution is 2.50. The first kappa shape index (κ1) is 51.7. The molecule has 0 N–H and O–H groups in total. The average Bonchev–Trinajstić information content (AvgIpc) is 4.31. The molecule has 0 saturated carbocycles. The van der Waals surface area contributed by atoms with Gasteiger partial charge in [-0.15, -0.1) is 0 Å². The molecule has 0 unspecified atom stereocenters. The van der Waals surface area contributed by atoms with Crippen LogP contribution in [0.1, 0.15) is 85.8 Å². The molecule has 1 aliphatic rings. The second-order valence-corrected chi connectivity index (χ2v) is 18.0. The van der Waals surface area contributed by atoms with Crippen molar-refractivity contribution >= 4 is 35.3 Å². The molecular formula is C66H54N4O8. The monoisotopic (exact) mass is 1030 g/mol. The minimum atomic E-state index is -1.78. The Morgan fingerprint density at radius 3 is 1.14 bits per heavy atom. The summed E-state index contributed by atoms with van der Waals surface area (Å²) in [4.78, 5) is 70.4. The molecule has 78 heavy (non-hydrogen) atoms. The third-order valence-corrected chi connectivity index (χ3v) is 13.3. The fourth-order valence-electron chi connectivity index (χ4n) is 9.67. The predicted molar refractivity (Wildman–Crippen MR) is 303 cm³/mol. The topological polar surface area (TPSA) is 148 Å². The standard InChI is InChI=1S/C66H54N4O8/c1-5-75-62(71)49-35-27-45(28-36-49)57-58(46-29-37-50(38-30-46)63(72)76-6-2)69-66(68-57,56-26-18-17-24-54(56)44-21-13-10-14-22-44)70-60(48-33-41-52(42-34-48)65(74)78-8-4)59(47-31-39-51(40-32-47)64(73)77-7-3)67-61(70)55-25-16-15-23-53(55)43-19-11-9-12-20-43/h9-42H,5-8H2,1-4H3. The molecule has 0 radical (unpaired) electrons. The van der Waals surface area contributed by atoms with Gasteiger partial charge in [0.1, 0.15) is 5.82 Å². The summed E-state index contributed by atoms with van der Waals surface area (Å²) in [7, 11) is 0. The van der Waals surface area contributed by atoms with Crippen molar-refractivity contribution in [2.24, 2.45) is 9.98 Å². The zero-order valence-electron chi connectivity index (χ0n) is 43.5. The van der Waals surface area contributed by atoms with Crippen molar-refractivity contribution in [3.63, 3.8) is 0 Å². The Morgan fingerprint density at radius 2 is 0.718 bits per heavy atom. The fourth-order valence-corrected chi connectivity index (χ4v) is 9.67. The van der Waals surface area contributed by atoms with Gasteiger partial charge in [0.15, 0.2) is 0 Å². The molecule has 12 heteroatoms. The van der Waals surface area contributed by atoms with Crippen LogP contribution in [0, 0.1) is 0 Å². The Hall–Kier alpha value is -9.81. The van der Waals surface area contributed by atoms with Gasteiger partial charge in [-0.1, -0.05) is 158 Å². The predicted octanol–water partition coefficient (Wildman–Crippen LogP) is 13.6. The number of aromatic nitrogens is 2. The van der Waals surface area contributed by atoms with Crippen LogP contribution in [0.3, 0.4) is 0 Å². The maximum absolute atomic E-state index is 13.3. The summed E-state index contributed by atoms with van der Waals surface area (Å²) in [6.07, 6.45) is 0. The van der Waals surface area contributed by atoms with Gasteiger partial charge in [-0.3, -0.25) is 4.57 Å². The molecule has 0 saturated heterocycles. The van der Waals surface area contributed by atoms with Crippen LogP contribution >= 0.6 is 0 Å². The van der Waals surface area contributed by atoms with Gasteiger partial charge in [-0.2, -0.15) is 0 Å². The number of aliphatic imine (C=N–C) groups is 2. The van der Waals surface area contributed by atoms with Gasteiger partial charge in [0, 0.05) is 33.4 Å². The van der Waals surface area contributed by atoms with Crippen molar-refractivity contribution in [2.45, 2.75) is 33.5 Å². The summed E-state index contributed by atoms with van der Waals surface area (Å²) >= 11 is 0. The van der Waals surface area contributed by atoms with Crippen molar-refractivity contribution in [3.05, 3.63) is 245 Å². The van der Waals surface area contributed by atoms with E-state index < -0.39 is 29.7 Å². The Labute approximate surface area is 452 Å². The van der Waals surface area contributed by atoms with Crippen LogP contribution in [0.5, 0.6) is 0 Å². The number of nitrogens with zero attached hydrogens (tertiary/aromatic N) is 4. The molecule has 0 aliphatic carbocycles. The molecule has 1 aliphatic heterocycles. The number of ether oxygens (including phenoxy) is 4. The third-order valence-electron chi connectivity index (χ3n) is 13.3. The van der Waals surface area contributed by atoms with E-state index in [0.29, 0.717) is 78.7 Å². The van der Waals surface area contributed by atoms with E-state index in [1.807, 2.05) is 133 Å². The van der Waals surface area contributed by atoms with Crippen LogP contribution in [0.2, 0.25) is 0 Å². The molecule has 0 bridgehead atoms. The maximum atomic E-state index is 13.3. The highest BCUT2D eigenvalue weighted by molar-refractivity contribution is 6.54. The number of benzene rings is 8. The first-order valence-electron chi connectivity index (χ1n) is 25.9. The summed E-state index contributed by atoms with van der Waals surface area (Å²) in [6, 6.07) is 64.7. The Kier molecular flexibility index (Phi) is 15.2. The van der Waals surface area contributed by atoms with Crippen LogP contribution in [-0.2, 0) is 24.7 Å². The third kappa shape index (κ3) is 10.2. The summed E-state index contributed by atoms with van der Waals surface area (Å²) in [5, 5.41) is 0. The number of hydrogen-bond donors (Lipinski definition) is 0. The van der Waals surface area contributed by atoms with Crippen LogP contribution in [0.25, 0.3) is 56.2 Å².